The maximum absolute atomic E-state index is 5.93. The smallest absolute Gasteiger partial charge is 0.232 e. The standard InChI is InChI=1S/C16H22N6O/c1-12-10-17-11-15(19-12)23-13-5-8-22(9-6-13)16-18-7-4-14(20-16)21(2)3/h4,7,10-11,13H,5-6,8-9H2,1-3H3. The molecule has 1 fully saturated rings. The van der Waals surface area contributed by atoms with Crippen LogP contribution in [0.25, 0.3) is 0 Å². The van der Waals surface area contributed by atoms with Gasteiger partial charge in [-0.25, -0.2) is 9.97 Å². The molecule has 7 heteroatoms. The molecular weight excluding hydrogens is 292 g/mol. The van der Waals surface area contributed by atoms with E-state index in [2.05, 4.69) is 24.8 Å². The Balaban J connectivity index is 1.59. The normalized spacial score (nSPS) is 15.5. The highest BCUT2D eigenvalue weighted by atomic mass is 16.5. The van der Waals surface area contributed by atoms with Crippen molar-refractivity contribution in [3.63, 3.8) is 0 Å². The van der Waals surface area contributed by atoms with Crippen molar-refractivity contribution < 1.29 is 4.74 Å². The van der Waals surface area contributed by atoms with Crippen LogP contribution in [-0.2, 0) is 0 Å². The Morgan fingerprint density at radius 1 is 1.17 bits per heavy atom. The van der Waals surface area contributed by atoms with Gasteiger partial charge in [0.1, 0.15) is 11.9 Å². The van der Waals surface area contributed by atoms with E-state index in [1.165, 1.54) is 0 Å². The predicted molar refractivity (Wildman–Crippen MR) is 89.0 cm³/mol. The molecule has 3 heterocycles. The van der Waals surface area contributed by atoms with Gasteiger partial charge in [0.2, 0.25) is 11.8 Å². The summed E-state index contributed by atoms with van der Waals surface area (Å²) in [6, 6.07) is 1.91. The van der Waals surface area contributed by atoms with E-state index in [0.29, 0.717) is 5.88 Å². The molecule has 0 aromatic carbocycles. The lowest BCUT2D eigenvalue weighted by Gasteiger charge is -2.32. The topological polar surface area (TPSA) is 67.3 Å². The van der Waals surface area contributed by atoms with Crippen LogP contribution in [0.15, 0.2) is 24.7 Å². The summed E-state index contributed by atoms with van der Waals surface area (Å²) in [6.45, 7) is 3.67. The van der Waals surface area contributed by atoms with Crippen LogP contribution >= 0.6 is 0 Å². The van der Waals surface area contributed by atoms with E-state index in [4.69, 9.17) is 4.74 Å². The number of hydrogen-bond donors (Lipinski definition) is 0. The molecular formula is C16H22N6O. The van der Waals surface area contributed by atoms with Crippen molar-refractivity contribution in [1.29, 1.82) is 0 Å². The van der Waals surface area contributed by atoms with Crippen LogP contribution in [0.1, 0.15) is 18.5 Å². The van der Waals surface area contributed by atoms with Crippen molar-refractivity contribution in [2.45, 2.75) is 25.9 Å². The van der Waals surface area contributed by atoms with Crippen LogP contribution in [0.3, 0.4) is 0 Å². The molecule has 1 aliphatic rings. The lowest BCUT2D eigenvalue weighted by Crippen LogP contribution is -2.39. The van der Waals surface area contributed by atoms with Crippen molar-refractivity contribution in [2.24, 2.45) is 0 Å². The van der Waals surface area contributed by atoms with Gasteiger partial charge in [-0.05, 0) is 13.0 Å². The lowest BCUT2D eigenvalue weighted by atomic mass is 10.1. The molecule has 1 saturated heterocycles. The van der Waals surface area contributed by atoms with Gasteiger partial charge in [-0.3, -0.25) is 4.98 Å². The molecule has 0 spiro atoms. The fourth-order valence-corrected chi connectivity index (χ4v) is 2.58. The summed E-state index contributed by atoms with van der Waals surface area (Å²) in [6.07, 6.45) is 7.21. The minimum Gasteiger partial charge on any atom is -0.473 e. The molecule has 2 aromatic rings. The summed E-state index contributed by atoms with van der Waals surface area (Å²) in [4.78, 5) is 21.6. The number of aryl methyl sites for hydroxylation is 1. The first kappa shape index (κ1) is 15.5. The largest absolute Gasteiger partial charge is 0.473 e. The highest BCUT2D eigenvalue weighted by Crippen LogP contribution is 2.21. The molecule has 0 unspecified atom stereocenters. The molecule has 0 amide bonds. The van der Waals surface area contributed by atoms with E-state index < -0.39 is 0 Å². The summed E-state index contributed by atoms with van der Waals surface area (Å²) in [5.74, 6) is 2.31. The number of piperidine rings is 1. The Bertz CT molecular complexity index is 655. The molecule has 0 radical (unpaired) electrons. The molecule has 23 heavy (non-hydrogen) atoms. The third kappa shape index (κ3) is 3.85. The molecule has 3 rings (SSSR count). The molecule has 0 N–H and O–H groups in total. The lowest BCUT2D eigenvalue weighted by molar-refractivity contribution is 0.162. The zero-order valence-electron chi connectivity index (χ0n) is 13.8. The molecule has 0 bridgehead atoms. The van der Waals surface area contributed by atoms with Crippen LogP contribution in [-0.4, -0.2) is 53.2 Å². The van der Waals surface area contributed by atoms with Crippen LogP contribution < -0.4 is 14.5 Å². The second kappa shape index (κ2) is 6.76. The third-order valence-corrected chi connectivity index (χ3v) is 3.83. The zero-order chi connectivity index (χ0) is 16.2. The van der Waals surface area contributed by atoms with E-state index >= 15 is 0 Å². The van der Waals surface area contributed by atoms with Gasteiger partial charge in [-0.2, -0.15) is 4.98 Å². The molecule has 0 saturated carbocycles. The minimum atomic E-state index is 0.166. The highest BCUT2D eigenvalue weighted by molar-refractivity contribution is 5.42. The minimum absolute atomic E-state index is 0.166. The van der Waals surface area contributed by atoms with Gasteiger partial charge in [0.25, 0.3) is 0 Å². The first-order valence-corrected chi connectivity index (χ1v) is 7.82. The second-order valence-corrected chi connectivity index (χ2v) is 5.91. The van der Waals surface area contributed by atoms with Crippen molar-refractivity contribution >= 4 is 11.8 Å². The van der Waals surface area contributed by atoms with Gasteiger partial charge in [0, 0.05) is 52.4 Å². The Kier molecular flexibility index (Phi) is 4.55. The van der Waals surface area contributed by atoms with Crippen molar-refractivity contribution in [3.8, 4) is 5.88 Å². The maximum Gasteiger partial charge on any atom is 0.232 e. The van der Waals surface area contributed by atoms with Gasteiger partial charge in [-0.1, -0.05) is 0 Å². The van der Waals surface area contributed by atoms with E-state index in [-0.39, 0.29) is 6.10 Å². The van der Waals surface area contributed by atoms with Gasteiger partial charge < -0.3 is 14.5 Å². The first-order chi connectivity index (χ1) is 11.1. The van der Waals surface area contributed by atoms with Crippen molar-refractivity contribution in [3.05, 3.63) is 30.4 Å². The summed E-state index contributed by atoms with van der Waals surface area (Å²) in [5.41, 5.74) is 0.869. The molecule has 0 atom stereocenters. The quantitative estimate of drug-likeness (QED) is 0.850. The summed E-state index contributed by atoms with van der Waals surface area (Å²) >= 11 is 0. The van der Waals surface area contributed by atoms with Gasteiger partial charge >= 0.3 is 0 Å². The van der Waals surface area contributed by atoms with E-state index in [1.54, 1.807) is 12.4 Å². The Hall–Kier alpha value is -2.44. The van der Waals surface area contributed by atoms with Crippen molar-refractivity contribution in [2.75, 3.05) is 37.0 Å². The van der Waals surface area contributed by atoms with Crippen LogP contribution in [0.2, 0.25) is 0 Å². The highest BCUT2D eigenvalue weighted by Gasteiger charge is 2.23. The van der Waals surface area contributed by atoms with Crippen LogP contribution in [0, 0.1) is 6.92 Å². The van der Waals surface area contributed by atoms with E-state index in [0.717, 1.165) is 43.4 Å². The average molecular weight is 314 g/mol. The molecule has 0 aliphatic carbocycles. The monoisotopic (exact) mass is 314 g/mol. The molecule has 122 valence electrons. The Labute approximate surface area is 136 Å². The number of anilines is 2. The van der Waals surface area contributed by atoms with Crippen molar-refractivity contribution in [1.82, 2.24) is 19.9 Å². The Morgan fingerprint density at radius 3 is 2.65 bits per heavy atom. The van der Waals surface area contributed by atoms with Crippen LogP contribution in [0.4, 0.5) is 11.8 Å². The fraction of sp³-hybridized carbons (Fsp3) is 0.500. The number of nitrogens with zero attached hydrogens (tertiary/aromatic N) is 6. The van der Waals surface area contributed by atoms with E-state index in [1.807, 2.05) is 38.2 Å². The van der Waals surface area contributed by atoms with E-state index in [9.17, 15) is 0 Å². The fourth-order valence-electron chi connectivity index (χ4n) is 2.58. The second-order valence-electron chi connectivity index (χ2n) is 5.91. The zero-order valence-corrected chi connectivity index (χ0v) is 13.8. The third-order valence-electron chi connectivity index (χ3n) is 3.83. The molecule has 7 nitrogen and oxygen atoms in total. The predicted octanol–water partition coefficient (Wildman–Crippen LogP) is 1.69. The van der Waals surface area contributed by atoms with Gasteiger partial charge in [-0.15, -0.1) is 0 Å². The number of hydrogen-bond acceptors (Lipinski definition) is 7. The van der Waals surface area contributed by atoms with Crippen LogP contribution in [0.5, 0.6) is 5.88 Å². The molecule has 1 aliphatic heterocycles. The summed E-state index contributed by atoms with van der Waals surface area (Å²) < 4.78 is 5.93. The average Bonchev–Trinajstić information content (AvgIpc) is 2.56. The number of ether oxygens (including phenoxy) is 1. The Morgan fingerprint density at radius 2 is 1.96 bits per heavy atom. The number of aromatic nitrogens is 4. The summed E-state index contributed by atoms with van der Waals surface area (Å²) in [5, 5.41) is 0. The first-order valence-electron chi connectivity index (χ1n) is 7.82. The van der Waals surface area contributed by atoms with Gasteiger partial charge in [0.05, 0.1) is 11.9 Å². The SMILES string of the molecule is Cc1cncc(OC2CCN(c3nccc(N(C)C)n3)CC2)n1. The molecule has 2 aromatic heterocycles. The number of rotatable bonds is 4. The maximum atomic E-state index is 5.93. The summed E-state index contributed by atoms with van der Waals surface area (Å²) in [7, 11) is 3.96. The van der Waals surface area contributed by atoms with Gasteiger partial charge in [0.15, 0.2) is 0 Å².